The minimum atomic E-state index is -3.76. The van der Waals surface area contributed by atoms with Gasteiger partial charge in [-0.25, -0.2) is 13.1 Å². The number of benzene rings is 1. The number of hydrogen-bond donors (Lipinski definition) is 2. The van der Waals surface area contributed by atoms with E-state index in [-0.39, 0.29) is 22.5 Å². The highest BCUT2D eigenvalue weighted by Crippen LogP contribution is 2.37. The van der Waals surface area contributed by atoms with Gasteiger partial charge in [-0.15, -0.1) is 0 Å². The highest BCUT2D eigenvalue weighted by molar-refractivity contribution is 7.89. The summed E-state index contributed by atoms with van der Waals surface area (Å²) in [6, 6.07) is 2.51. The fraction of sp³-hybridized carbons (Fsp3) is 0.538. The molecule has 0 radical (unpaired) electrons. The quantitative estimate of drug-likeness (QED) is 0.786. The number of nitrogens with one attached hydrogen (secondary N) is 1. The molecule has 0 aromatic heterocycles. The molecule has 6 nitrogen and oxygen atoms in total. The van der Waals surface area contributed by atoms with E-state index in [1.165, 1.54) is 26.4 Å². The Hall–Kier alpha value is -1.02. The molecule has 1 aliphatic carbocycles. The maximum absolute atomic E-state index is 12.5. The SMILES string of the molecule is COc1cc(Cl)c(S(=O)(=O)NC(CN)C2CC2)cc1OC. The molecule has 2 rings (SSSR count). The van der Waals surface area contributed by atoms with E-state index in [4.69, 9.17) is 26.8 Å². The zero-order chi connectivity index (χ0) is 15.6. The summed E-state index contributed by atoms with van der Waals surface area (Å²) in [5.41, 5.74) is 5.63. The van der Waals surface area contributed by atoms with Gasteiger partial charge < -0.3 is 15.2 Å². The predicted molar refractivity (Wildman–Crippen MR) is 80.4 cm³/mol. The van der Waals surface area contributed by atoms with Crippen molar-refractivity contribution in [2.24, 2.45) is 11.7 Å². The molecule has 1 aromatic carbocycles. The van der Waals surface area contributed by atoms with Crippen LogP contribution in [-0.2, 0) is 10.0 Å². The van der Waals surface area contributed by atoms with Crippen molar-refractivity contribution in [3.8, 4) is 11.5 Å². The van der Waals surface area contributed by atoms with Gasteiger partial charge in [0.1, 0.15) is 4.90 Å². The van der Waals surface area contributed by atoms with Crippen LogP contribution in [0.15, 0.2) is 17.0 Å². The van der Waals surface area contributed by atoms with E-state index >= 15 is 0 Å². The van der Waals surface area contributed by atoms with E-state index in [1.54, 1.807) is 0 Å². The van der Waals surface area contributed by atoms with Crippen molar-refractivity contribution in [3.63, 3.8) is 0 Å². The first kappa shape index (κ1) is 16.4. The number of hydrogen-bond acceptors (Lipinski definition) is 5. The number of sulfonamides is 1. The fourth-order valence-corrected chi connectivity index (χ4v) is 3.99. The van der Waals surface area contributed by atoms with E-state index in [1.807, 2.05) is 0 Å². The van der Waals surface area contributed by atoms with Gasteiger partial charge in [-0.05, 0) is 18.8 Å². The highest BCUT2D eigenvalue weighted by atomic mass is 35.5. The second-order valence-electron chi connectivity index (χ2n) is 4.94. The van der Waals surface area contributed by atoms with Gasteiger partial charge in [-0.3, -0.25) is 0 Å². The second-order valence-corrected chi connectivity index (χ2v) is 7.03. The molecule has 118 valence electrons. The Labute approximate surface area is 129 Å². The van der Waals surface area contributed by atoms with Gasteiger partial charge in [0.25, 0.3) is 0 Å². The van der Waals surface area contributed by atoms with Crippen molar-refractivity contribution in [2.45, 2.75) is 23.8 Å². The molecule has 0 saturated heterocycles. The first-order chi connectivity index (χ1) is 9.92. The Morgan fingerprint density at radius 1 is 1.33 bits per heavy atom. The molecular formula is C13H19ClN2O4S. The summed E-state index contributed by atoms with van der Waals surface area (Å²) < 4.78 is 37.8. The summed E-state index contributed by atoms with van der Waals surface area (Å²) in [7, 11) is -0.873. The number of ether oxygens (including phenoxy) is 2. The molecule has 8 heteroatoms. The Morgan fingerprint density at radius 2 is 1.90 bits per heavy atom. The third-order valence-corrected chi connectivity index (χ3v) is 5.43. The van der Waals surface area contributed by atoms with E-state index in [9.17, 15) is 8.42 Å². The van der Waals surface area contributed by atoms with Crippen LogP contribution in [0.25, 0.3) is 0 Å². The number of methoxy groups -OCH3 is 2. The molecule has 1 aliphatic rings. The molecule has 1 saturated carbocycles. The fourth-order valence-electron chi connectivity index (χ4n) is 2.14. The van der Waals surface area contributed by atoms with E-state index in [0.717, 1.165) is 12.8 Å². The molecular weight excluding hydrogens is 316 g/mol. The summed E-state index contributed by atoms with van der Waals surface area (Å²) in [5.74, 6) is 0.987. The Kier molecular flexibility index (Phi) is 4.98. The topological polar surface area (TPSA) is 90.7 Å². The summed E-state index contributed by atoms with van der Waals surface area (Å²) in [6.07, 6.45) is 1.98. The Bertz CT molecular complexity index is 617. The third kappa shape index (κ3) is 3.60. The van der Waals surface area contributed by atoms with Crippen LogP contribution in [0.3, 0.4) is 0 Å². The van der Waals surface area contributed by atoms with Crippen molar-refractivity contribution >= 4 is 21.6 Å². The average molecular weight is 335 g/mol. The summed E-state index contributed by atoms with van der Waals surface area (Å²) in [6.45, 7) is 0.259. The van der Waals surface area contributed by atoms with Crippen LogP contribution in [0.2, 0.25) is 5.02 Å². The smallest absolute Gasteiger partial charge is 0.242 e. The molecule has 0 amide bonds. The molecule has 1 unspecified atom stereocenters. The Balaban J connectivity index is 2.34. The van der Waals surface area contributed by atoms with Crippen LogP contribution >= 0.6 is 11.6 Å². The third-order valence-electron chi connectivity index (χ3n) is 3.48. The van der Waals surface area contributed by atoms with Crippen molar-refractivity contribution < 1.29 is 17.9 Å². The zero-order valence-corrected chi connectivity index (χ0v) is 13.5. The maximum atomic E-state index is 12.5. The lowest BCUT2D eigenvalue weighted by molar-refractivity contribution is 0.354. The molecule has 1 fully saturated rings. The largest absolute Gasteiger partial charge is 0.493 e. The van der Waals surface area contributed by atoms with Crippen LogP contribution in [0.4, 0.5) is 0 Å². The van der Waals surface area contributed by atoms with Crippen LogP contribution < -0.4 is 19.9 Å². The standard InChI is InChI=1S/C13H19ClN2O4S/c1-19-11-5-9(14)13(6-12(11)20-2)21(17,18)16-10(7-15)8-3-4-8/h5-6,8,10,16H,3-4,7,15H2,1-2H3. The highest BCUT2D eigenvalue weighted by Gasteiger charge is 2.34. The Morgan fingerprint density at radius 3 is 2.38 bits per heavy atom. The first-order valence-corrected chi connectivity index (χ1v) is 8.43. The molecule has 0 aliphatic heterocycles. The van der Waals surface area contributed by atoms with Gasteiger partial charge >= 0.3 is 0 Å². The van der Waals surface area contributed by atoms with E-state index in [0.29, 0.717) is 17.4 Å². The van der Waals surface area contributed by atoms with Crippen molar-refractivity contribution in [1.82, 2.24) is 4.72 Å². The van der Waals surface area contributed by atoms with E-state index in [2.05, 4.69) is 4.72 Å². The molecule has 0 bridgehead atoms. The number of rotatable bonds is 7. The van der Waals surface area contributed by atoms with Crippen LogP contribution in [0.5, 0.6) is 11.5 Å². The summed E-state index contributed by atoms with van der Waals surface area (Å²) >= 11 is 6.06. The zero-order valence-electron chi connectivity index (χ0n) is 11.9. The molecule has 1 aromatic rings. The second kappa shape index (κ2) is 6.39. The normalized spacial score (nSPS) is 16.6. The van der Waals surface area contributed by atoms with Gasteiger partial charge in [0, 0.05) is 24.7 Å². The minimum absolute atomic E-state index is 0.0408. The monoisotopic (exact) mass is 334 g/mol. The average Bonchev–Trinajstić information content (AvgIpc) is 3.28. The van der Waals surface area contributed by atoms with Crippen LogP contribution in [-0.4, -0.2) is 35.2 Å². The summed E-state index contributed by atoms with van der Waals surface area (Å²) in [4.78, 5) is -0.0408. The first-order valence-electron chi connectivity index (χ1n) is 6.57. The van der Waals surface area contributed by atoms with Crippen molar-refractivity contribution in [2.75, 3.05) is 20.8 Å². The van der Waals surface area contributed by atoms with Gasteiger partial charge in [-0.2, -0.15) is 0 Å². The van der Waals surface area contributed by atoms with Crippen LogP contribution in [0, 0.1) is 5.92 Å². The van der Waals surface area contributed by atoms with Crippen molar-refractivity contribution in [1.29, 1.82) is 0 Å². The number of halogens is 1. The molecule has 3 N–H and O–H groups in total. The van der Waals surface area contributed by atoms with Gasteiger partial charge in [-0.1, -0.05) is 11.6 Å². The maximum Gasteiger partial charge on any atom is 0.242 e. The van der Waals surface area contributed by atoms with Crippen molar-refractivity contribution in [3.05, 3.63) is 17.2 Å². The van der Waals surface area contributed by atoms with E-state index < -0.39 is 10.0 Å². The lowest BCUT2D eigenvalue weighted by Crippen LogP contribution is -2.41. The van der Waals surface area contributed by atoms with Gasteiger partial charge in [0.15, 0.2) is 11.5 Å². The number of nitrogens with two attached hydrogens (primary N) is 1. The lowest BCUT2D eigenvalue weighted by Gasteiger charge is -2.18. The summed E-state index contributed by atoms with van der Waals surface area (Å²) in [5, 5.41) is 0.0757. The lowest BCUT2D eigenvalue weighted by atomic mass is 10.2. The molecule has 0 heterocycles. The van der Waals surface area contributed by atoms with Gasteiger partial charge in [0.2, 0.25) is 10.0 Å². The molecule has 0 spiro atoms. The molecule has 1 atom stereocenters. The van der Waals surface area contributed by atoms with Crippen LogP contribution in [0.1, 0.15) is 12.8 Å². The molecule has 21 heavy (non-hydrogen) atoms. The predicted octanol–water partition coefficient (Wildman–Crippen LogP) is 1.37. The van der Waals surface area contributed by atoms with Gasteiger partial charge in [0.05, 0.1) is 19.2 Å². The minimum Gasteiger partial charge on any atom is -0.493 e.